The van der Waals surface area contributed by atoms with Crippen LogP contribution in [-0.4, -0.2) is 12.1 Å². The molecule has 0 aromatic rings. The van der Waals surface area contributed by atoms with Gasteiger partial charge in [-0.1, -0.05) is 0 Å². The van der Waals surface area contributed by atoms with Crippen LogP contribution in [0.3, 0.4) is 0 Å². The van der Waals surface area contributed by atoms with E-state index in [1.165, 1.54) is 0 Å². The molecular weight excluding hydrogens is 98.0 g/mol. The van der Waals surface area contributed by atoms with Gasteiger partial charge in [0.05, 0.1) is 0 Å². The molecular formula is C2H5N3O2. The Morgan fingerprint density at radius 3 is 2.14 bits per heavy atom. The third-order valence-corrected chi connectivity index (χ3v) is 0.559. The molecule has 0 atom stereocenters. The van der Waals surface area contributed by atoms with Crippen LogP contribution >= 0.6 is 0 Å². The van der Waals surface area contributed by atoms with Gasteiger partial charge >= 0.3 is 12.1 Å². The molecule has 5 heteroatoms. The number of amides is 1. The molecule has 1 heterocycles. The Balaban J connectivity index is 2.43. The van der Waals surface area contributed by atoms with Crippen LogP contribution in [-0.2, 0) is 4.74 Å². The van der Waals surface area contributed by atoms with E-state index in [9.17, 15) is 4.79 Å². The van der Waals surface area contributed by atoms with Crippen molar-refractivity contribution < 1.29 is 9.53 Å². The van der Waals surface area contributed by atoms with Crippen molar-refractivity contribution in [3.05, 3.63) is 0 Å². The van der Waals surface area contributed by atoms with Gasteiger partial charge in [0.25, 0.3) is 0 Å². The zero-order valence-electron chi connectivity index (χ0n) is 3.47. The highest BCUT2D eigenvalue weighted by molar-refractivity contribution is 5.73. The summed E-state index contributed by atoms with van der Waals surface area (Å²) in [4.78, 5) is 9.82. The van der Waals surface area contributed by atoms with E-state index in [0.29, 0.717) is 0 Å². The smallest absolute Gasteiger partial charge is 0.395 e. The maximum absolute atomic E-state index is 9.82. The molecule has 1 amide bonds. The molecule has 0 spiro atoms. The molecule has 0 radical (unpaired) electrons. The lowest BCUT2D eigenvalue weighted by molar-refractivity contribution is -0.0707. The van der Waals surface area contributed by atoms with Crippen LogP contribution in [0.5, 0.6) is 0 Å². The third kappa shape index (κ3) is 0.625. The second-order valence-corrected chi connectivity index (χ2v) is 1.31. The van der Waals surface area contributed by atoms with Gasteiger partial charge in [-0.25, -0.2) is 4.79 Å². The van der Waals surface area contributed by atoms with Crippen molar-refractivity contribution in [3.63, 3.8) is 0 Å². The fourth-order valence-corrected chi connectivity index (χ4v) is 0.318. The number of carbonyl (C=O) groups excluding carboxylic acids is 1. The zero-order chi connectivity index (χ0) is 5.49. The summed E-state index contributed by atoms with van der Waals surface area (Å²) in [6, 6.07) is 0. The van der Waals surface area contributed by atoms with Gasteiger partial charge in [0.15, 0.2) is 0 Å². The lowest BCUT2D eigenvalue weighted by Crippen LogP contribution is -2.74. The number of hydrogen-bond donors (Lipinski definition) is 3. The summed E-state index contributed by atoms with van der Waals surface area (Å²) in [5.74, 6) is -1.41. The van der Waals surface area contributed by atoms with E-state index >= 15 is 0 Å². The Hall–Kier alpha value is -0.810. The molecule has 5 N–H and O–H groups in total. The summed E-state index contributed by atoms with van der Waals surface area (Å²) in [5, 5.41) is 2.08. The average molecular weight is 103 g/mol. The maximum Gasteiger partial charge on any atom is 0.416 e. The van der Waals surface area contributed by atoms with Crippen LogP contribution in [0.25, 0.3) is 0 Å². The molecule has 7 heavy (non-hydrogen) atoms. The van der Waals surface area contributed by atoms with E-state index in [1.54, 1.807) is 0 Å². The summed E-state index contributed by atoms with van der Waals surface area (Å²) in [6.45, 7) is 0. The summed E-state index contributed by atoms with van der Waals surface area (Å²) in [7, 11) is 0. The van der Waals surface area contributed by atoms with Gasteiger partial charge in [0.2, 0.25) is 0 Å². The number of ether oxygens (including phenoxy) is 1. The quantitative estimate of drug-likeness (QED) is 0.317. The Morgan fingerprint density at radius 2 is 2.14 bits per heavy atom. The Kier molecular flexibility index (Phi) is 0.545. The monoisotopic (exact) mass is 103 g/mol. The predicted molar refractivity (Wildman–Crippen MR) is 20.7 cm³/mol. The number of cyclic esters (lactones) is 1. The predicted octanol–water partition coefficient (Wildman–Crippen LogP) is -1.75. The summed E-state index contributed by atoms with van der Waals surface area (Å²) in [5.41, 5.74) is 9.87. The molecule has 0 bridgehead atoms. The standard InChI is InChI=1S/C2H5N3O2/c3-2(4)5-1(6)7-2/h3-4H2,(H,5,6). The summed E-state index contributed by atoms with van der Waals surface area (Å²) >= 11 is 0. The normalized spacial score (nSPS) is 24.6. The third-order valence-electron chi connectivity index (χ3n) is 0.559. The van der Waals surface area contributed by atoms with E-state index in [-0.39, 0.29) is 0 Å². The van der Waals surface area contributed by atoms with Crippen LogP contribution < -0.4 is 16.8 Å². The van der Waals surface area contributed by atoms with E-state index in [4.69, 9.17) is 11.5 Å². The van der Waals surface area contributed by atoms with E-state index in [1.807, 2.05) is 0 Å². The molecule has 1 fully saturated rings. The van der Waals surface area contributed by atoms with Gasteiger partial charge in [-0.15, -0.1) is 0 Å². The van der Waals surface area contributed by atoms with E-state index in [2.05, 4.69) is 10.1 Å². The van der Waals surface area contributed by atoms with E-state index in [0.717, 1.165) is 0 Å². The summed E-state index contributed by atoms with van der Waals surface area (Å²) < 4.78 is 4.13. The minimum absolute atomic E-state index is 0.579. The van der Waals surface area contributed by atoms with Gasteiger partial charge in [-0.3, -0.25) is 16.8 Å². The van der Waals surface area contributed by atoms with Crippen molar-refractivity contribution in [1.29, 1.82) is 0 Å². The molecule has 0 aromatic carbocycles. The van der Waals surface area contributed by atoms with Crippen molar-refractivity contribution in [1.82, 2.24) is 5.32 Å². The first kappa shape index (κ1) is 4.35. The molecule has 0 saturated carbocycles. The molecule has 40 valence electrons. The molecule has 0 aliphatic carbocycles. The number of rotatable bonds is 0. The molecule has 1 aliphatic heterocycles. The zero-order valence-corrected chi connectivity index (χ0v) is 3.47. The van der Waals surface area contributed by atoms with Crippen LogP contribution in [0, 0.1) is 0 Å². The van der Waals surface area contributed by atoms with Gasteiger partial charge in [0, 0.05) is 0 Å². The van der Waals surface area contributed by atoms with Gasteiger partial charge in [0.1, 0.15) is 0 Å². The second kappa shape index (κ2) is 0.877. The largest absolute Gasteiger partial charge is 0.416 e. The van der Waals surface area contributed by atoms with Crippen LogP contribution in [0.1, 0.15) is 0 Å². The maximum atomic E-state index is 9.82. The Morgan fingerprint density at radius 1 is 1.71 bits per heavy atom. The minimum Gasteiger partial charge on any atom is -0.395 e. The van der Waals surface area contributed by atoms with Crippen molar-refractivity contribution in [3.8, 4) is 0 Å². The van der Waals surface area contributed by atoms with Crippen LogP contribution in [0.15, 0.2) is 0 Å². The molecule has 0 unspecified atom stereocenters. The number of nitrogens with two attached hydrogens (primary N) is 2. The first-order valence-electron chi connectivity index (χ1n) is 1.69. The number of nitrogens with one attached hydrogen (secondary N) is 1. The molecule has 1 saturated heterocycles. The van der Waals surface area contributed by atoms with Gasteiger partial charge < -0.3 is 4.74 Å². The molecule has 5 nitrogen and oxygen atoms in total. The van der Waals surface area contributed by atoms with Crippen molar-refractivity contribution in [2.24, 2.45) is 11.5 Å². The highest BCUT2D eigenvalue weighted by Crippen LogP contribution is 1.99. The highest BCUT2D eigenvalue weighted by Gasteiger charge is 2.36. The number of carbonyl (C=O) groups is 1. The Bertz CT molecular complexity index is 99.5. The SMILES string of the molecule is NC1(N)NC(=O)O1. The topological polar surface area (TPSA) is 90.4 Å². The fourth-order valence-electron chi connectivity index (χ4n) is 0.318. The first-order chi connectivity index (χ1) is 3.10. The van der Waals surface area contributed by atoms with Crippen molar-refractivity contribution in [2.45, 2.75) is 5.97 Å². The first-order valence-corrected chi connectivity index (χ1v) is 1.69. The van der Waals surface area contributed by atoms with Crippen LogP contribution in [0.4, 0.5) is 4.79 Å². The summed E-state index contributed by atoms with van der Waals surface area (Å²) in [6.07, 6.45) is -0.579. The van der Waals surface area contributed by atoms with Crippen molar-refractivity contribution >= 4 is 6.09 Å². The number of hydrogen-bond acceptors (Lipinski definition) is 4. The van der Waals surface area contributed by atoms with Crippen LogP contribution in [0.2, 0.25) is 0 Å². The van der Waals surface area contributed by atoms with E-state index < -0.39 is 12.1 Å². The van der Waals surface area contributed by atoms with Crippen molar-refractivity contribution in [2.75, 3.05) is 0 Å². The molecule has 1 aliphatic rings. The molecule has 1 rings (SSSR count). The Labute approximate surface area is 39.6 Å². The lowest BCUT2D eigenvalue weighted by atomic mass is 10.6. The average Bonchev–Trinajstić information content (AvgIpc) is 1.27. The minimum atomic E-state index is -1.41. The van der Waals surface area contributed by atoms with Gasteiger partial charge in [-0.05, 0) is 0 Å². The molecule has 0 aromatic heterocycles. The fraction of sp³-hybridized carbons (Fsp3) is 0.500. The second-order valence-electron chi connectivity index (χ2n) is 1.31. The van der Waals surface area contributed by atoms with Gasteiger partial charge in [-0.2, -0.15) is 0 Å². The highest BCUT2D eigenvalue weighted by atomic mass is 16.6. The lowest BCUT2D eigenvalue weighted by Gasteiger charge is -2.33.